The Balaban J connectivity index is 1.76. The molecule has 0 aliphatic carbocycles. The van der Waals surface area contributed by atoms with Crippen LogP contribution < -0.4 is 10.6 Å². The van der Waals surface area contributed by atoms with Gasteiger partial charge in [0.15, 0.2) is 5.11 Å². The Kier molecular flexibility index (Phi) is 8.83. The summed E-state index contributed by atoms with van der Waals surface area (Å²) < 4.78 is 10.2. The predicted octanol–water partition coefficient (Wildman–Crippen LogP) is 1.71. The molecule has 0 radical (unpaired) electrons. The first-order valence-corrected chi connectivity index (χ1v) is 9.64. The number of benzene rings is 1. The first kappa shape index (κ1) is 21.8. The molecule has 1 aliphatic heterocycles. The zero-order chi connectivity index (χ0) is 20.4. The van der Waals surface area contributed by atoms with Gasteiger partial charge < -0.3 is 25.0 Å². The predicted molar refractivity (Wildman–Crippen MR) is 108 cm³/mol. The van der Waals surface area contributed by atoms with Crippen molar-refractivity contribution < 1.29 is 23.9 Å². The highest BCUT2D eigenvalue weighted by atomic mass is 32.1. The zero-order valence-corrected chi connectivity index (χ0v) is 16.7. The third-order valence-corrected chi connectivity index (χ3v) is 4.17. The monoisotopic (exact) mass is 407 g/mol. The third-order valence-electron chi connectivity index (χ3n) is 3.96. The van der Waals surface area contributed by atoms with Crippen molar-refractivity contribution in [2.45, 2.75) is 26.2 Å². The number of carbonyl (C=O) groups excluding carboxylic acids is 3. The van der Waals surface area contributed by atoms with Gasteiger partial charge in [0.05, 0.1) is 26.2 Å². The molecule has 1 heterocycles. The number of thiocarbonyl (C=S) groups is 1. The van der Waals surface area contributed by atoms with Gasteiger partial charge in [0.2, 0.25) is 5.91 Å². The summed E-state index contributed by atoms with van der Waals surface area (Å²) in [7, 11) is 0. The number of esters is 1. The molecule has 28 heavy (non-hydrogen) atoms. The highest BCUT2D eigenvalue weighted by Gasteiger charge is 2.18. The SMILES string of the molecule is CCCOC(=O)CCC(=O)NC(=S)Nc1ccc(C(=O)N2CCOCC2)cc1. The minimum atomic E-state index is -0.406. The number of amides is 2. The Morgan fingerprint density at radius 2 is 1.82 bits per heavy atom. The van der Waals surface area contributed by atoms with E-state index in [1.54, 1.807) is 29.2 Å². The summed E-state index contributed by atoms with van der Waals surface area (Å²) in [6.07, 6.45) is 0.743. The maximum absolute atomic E-state index is 12.4. The summed E-state index contributed by atoms with van der Waals surface area (Å²) >= 11 is 5.10. The summed E-state index contributed by atoms with van der Waals surface area (Å²) in [6, 6.07) is 6.84. The molecular formula is C19H25N3O5S. The number of ether oxygens (including phenoxy) is 2. The maximum atomic E-state index is 12.4. The summed E-state index contributed by atoms with van der Waals surface area (Å²) in [6.45, 7) is 4.52. The summed E-state index contributed by atoms with van der Waals surface area (Å²) in [5, 5.41) is 5.52. The van der Waals surface area contributed by atoms with E-state index in [1.807, 2.05) is 6.92 Å². The van der Waals surface area contributed by atoms with Crippen molar-refractivity contribution >= 4 is 40.8 Å². The molecule has 2 N–H and O–H groups in total. The number of carbonyl (C=O) groups is 3. The number of nitrogens with one attached hydrogen (secondary N) is 2. The van der Waals surface area contributed by atoms with Crippen molar-refractivity contribution in [3.63, 3.8) is 0 Å². The molecular weight excluding hydrogens is 382 g/mol. The van der Waals surface area contributed by atoms with Gasteiger partial charge >= 0.3 is 5.97 Å². The molecule has 9 heteroatoms. The molecule has 0 spiro atoms. The second-order valence-corrected chi connectivity index (χ2v) is 6.61. The quantitative estimate of drug-likeness (QED) is 0.525. The van der Waals surface area contributed by atoms with Crippen LogP contribution in [0.4, 0.5) is 5.69 Å². The van der Waals surface area contributed by atoms with Crippen LogP contribution in [0.1, 0.15) is 36.5 Å². The van der Waals surface area contributed by atoms with Gasteiger partial charge in [0.25, 0.3) is 5.91 Å². The largest absolute Gasteiger partial charge is 0.466 e. The molecule has 152 valence electrons. The zero-order valence-electron chi connectivity index (χ0n) is 15.9. The van der Waals surface area contributed by atoms with Crippen LogP contribution in [0.25, 0.3) is 0 Å². The molecule has 0 unspecified atom stereocenters. The van der Waals surface area contributed by atoms with Crippen molar-refractivity contribution in [2.75, 3.05) is 38.2 Å². The number of hydrogen-bond acceptors (Lipinski definition) is 6. The van der Waals surface area contributed by atoms with Gasteiger partial charge in [-0.2, -0.15) is 0 Å². The van der Waals surface area contributed by atoms with E-state index in [0.717, 1.165) is 6.42 Å². The highest BCUT2D eigenvalue weighted by molar-refractivity contribution is 7.80. The highest BCUT2D eigenvalue weighted by Crippen LogP contribution is 2.12. The molecule has 2 amide bonds. The molecule has 0 bridgehead atoms. The number of hydrogen-bond donors (Lipinski definition) is 2. The van der Waals surface area contributed by atoms with Crippen molar-refractivity contribution in [3.05, 3.63) is 29.8 Å². The van der Waals surface area contributed by atoms with E-state index in [2.05, 4.69) is 10.6 Å². The molecule has 1 fully saturated rings. The van der Waals surface area contributed by atoms with Crippen LogP contribution in [0.5, 0.6) is 0 Å². The van der Waals surface area contributed by atoms with Gasteiger partial charge in [-0.1, -0.05) is 6.92 Å². The first-order valence-electron chi connectivity index (χ1n) is 9.23. The molecule has 1 aromatic carbocycles. The number of anilines is 1. The lowest BCUT2D eigenvalue weighted by Crippen LogP contribution is -2.40. The average molecular weight is 407 g/mol. The van der Waals surface area contributed by atoms with Gasteiger partial charge in [0, 0.05) is 30.8 Å². The number of rotatable bonds is 7. The van der Waals surface area contributed by atoms with Crippen molar-refractivity contribution in [3.8, 4) is 0 Å². The second kappa shape index (κ2) is 11.4. The Bertz CT molecular complexity index is 702. The Morgan fingerprint density at radius 1 is 1.14 bits per heavy atom. The van der Waals surface area contributed by atoms with Gasteiger partial charge in [-0.25, -0.2) is 0 Å². The summed E-state index contributed by atoms with van der Waals surface area (Å²) in [5.74, 6) is -0.817. The van der Waals surface area contributed by atoms with E-state index in [0.29, 0.717) is 44.2 Å². The minimum Gasteiger partial charge on any atom is -0.466 e. The molecule has 1 aromatic rings. The molecule has 8 nitrogen and oxygen atoms in total. The van der Waals surface area contributed by atoms with Crippen molar-refractivity contribution in [2.24, 2.45) is 0 Å². The van der Waals surface area contributed by atoms with E-state index < -0.39 is 5.97 Å². The molecule has 0 saturated carbocycles. The number of nitrogens with zero attached hydrogens (tertiary/aromatic N) is 1. The fraction of sp³-hybridized carbons (Fsp3) is 0.474. The Morgan fingerprint density at radius 3 is 2.46 bits per heavy atom. The molecule has 0 atom stereocenters. The lowest BCUT2D eigenvalue weighted by molar-refractivity contribution is -0.144. The van der Waals surface area contributed by atoms with E-state index in [9.17, 15) is 14.4 Å². The van der Waals surface area contributed by atoms with E-state index in [4.69, 9.17) is 21.7 Å². The van der Waals surface area contributed by atoms with E-state index >= 15 is 0 Å². The standard InChI is InChI=1S/C19H25N3O5S/c1-2-11-27-17(24)8-7-16(23)21-19(28)20-15-5-3-14(4-6-15)18(25)22-9-12-26-13-10-22/h3-6H,2,7-13H2,1H3,(H2,20,21,23,28). The van der Waals surface area contributed by atoms with Gasteiger partial charge in [-0.05, 0) is 42.9 Å². The van der Waals surface area contributed by atoms with Crippen molar-refractivity contribution in [1.29, 1.82) is 0 Å². The normalized spacial score (nSPS) is 13.5. The van der Waals surface area contributed by atoms with Crippen LogP contribution in [-0.2, 0) is 19.1 Å². The van der Waals surface area contributed by atoms with Crippen LogP contribution in [0, 0.1) is 0 Å². The van der Waals surface area contributed by atoms with Crippen LogP contribution in [0.15, 0.2) is 24.3 Å². The molecule has 0 aromatic heterocycles. The van der Waals surface area contributed by atoms with Gasteiger partial charge in [-0.15, -0.1) is 0 Å². The third kappa shape index (κ3) is 7.24. The van der Waals surface area contributed by atoms with E-state index in [1.165, 1.54) is 0 Å². The van der Waals surface area contributed by atoms with Crippen LogP contribution in [0.3, 0.4) is 0 Å². The lowest BCUT2D eigenvalue weighted by atomic mass is 10.1. The molecule has 2 rings (SSSR count). The second-order valence-electron chi connectivity index (χ2n) is 6.20. The minimum absolute atomic E-state index is 0.00262. The average Bonchev–Trinajstić information content (AvgIpc) is 2.71. The first-order chi connectivity index (χ1) is 13.5. The van der Waals surface area contributed by atoms with Gasteiger partial charge in [0.1, 0.15) is 0 Å². The lowest BCUT2D eigenvalue weighted by Gasteiger charge is -2.26. The Hall–Kier alpha value is -2.52. The molecule has 1 saturated heterocycles. The maximum Gasteiger partial charge on any atom is 0.306 e. The smallest absolute Gasteiger partial charge is 0.306 e. The van der Waals surface area contributed by atoms with E-state index in [-0.39, 0.29) is 29.8 Å². The molecule has 1 aliphatic rings. The van der Waals surface area contributed by atoms with Crippen LogP contribution in [-0.4, -0.2) is 60.7 Å². The fourth-order valence-electron chi connectivity index (χ4n) is 2.50. The summed E-state index contributed by atoms with van der Waals surface area (Å²) in [4.78, 5) is 37.4. The fourth-order valence-corrected chi connectivity index (χ4v) is 2.73. The number of morpholine rings is 1. The van der Waals surface area contributed by atoms with Crippen LogP contribution in [0.2, 0.25) is 0 Å². The topological polar surface area (TPSA) is 97.0 Å². The van der Waals surface area contributed by atoms with Gasteiger partial charge in [-0.3, -0.25) is 14.4 Å². The van der Waals surface area contributed by atoms with Crippen molar-refractivity contribution in [1.82, 2.24) is 10.2 Å². The Labute approximate surface area is 169 Å². The summed E-state index contributed by atoms with van der Waals surface area (Å²) in [5.41, 5.74) is 1.22. The van der Waals surface area contributed by atoms with Crippen LogP contribution >= 0.6 is 12.2 Å².